The molecule has 0 amide bonds. The van der Waals surface area contributed by atoms with Crippen LogP contribution in [0.25, 0.3) is 0 Å². The second-order valence-electron chi connectivity index (χ2n) is 5.55. The van der Waals surface area contributed by atoms with Gasteiger partial charge in [-0.05, 0) is 42.0 Å². The maximum absolute atomic E-state index is 13.7. The van der Waals surface area contributed by atoms with Gasteiger partial charge in [-0.1, -0.05) is 42.5 Å². The van der Waals surface area contributed by atoms with E-state index < -0.39 is 25.0 Å². The van der Waals surface area contributed by atoms with E-state index in [1.807, 2.05) is 0 Å². The minimum absolute atomic E-state index is 0.0921. The van der Waals surface area contributed by atoms with Crippen molar-refractivity contribution in [2.45, 2.75) is 5.78 Å². The van der Waals surface area contributed by atoms with E-state index in [4.69, 9.17) is 4.52 Å². The standard InChI is InChI=1S/C19H16F2NO3P/c20-17-12-11-14(13-18(17)21)19(22-15-7-3-1-4-8-15)26(23,24)25-16-9-5-2-6-10-16/h1-13,19,22H,(H,23,24). The molecule has 0 heterocycles. The van der Waals surface area contributed by atoms with Gasteiger partial charge < -0.3 is 14.7 Å². The van der Waals surface area contributed by atoms with Gasteiger partial charge in [0.1, 0.15) is 5.75 Å². The van der Waals surface area contributed by atoms with Crippen molar-refractivity contribution in [1.29, 1.82) is 0 Å². The van der Waals surface area contributed by atoms with Crippen molar-refractivity contribution in [3.05, 3.63) is 96.1 Å². The molecule has 0 aliphatic heterocycles. The Hall–Kier alpha value is -2.69. The van der Waals surface area contributed by atoms with Crippen LogP contribution in [0.5, 0.6) is 5.75 Å². The van der Waals surface area contributed by atoms with Crippen LogP contribution in [0.4, 0.5) is 14.5 Å². The fourth-order valence-electron chi connectivity index (χ4n) is 2.41. The molecule has 2 atom stereocenters. The van der Waals surface area contributed by atoms with Gasteiger partial charge in [-0.2, -0.15) is 0 Å². The van der Waals surface area contributed by atoms with Gasteiger partial charge in [0.05, 0.1) is 0 Å². The Morgan fingerprint density at radius 2 is 1.50 bits per heavy atom. The number of halogens is 2. The molecule has 0 bridgehead atoms. The maximum Gasteiger partial charge on any atom is 0.403 e. The monoisotopic (exact) mass is 375 g/mol. The second-order valence-corrected chi connectivity index (χ2v) is 7.38. The van der Waals surface area contributed by atoms with Gasteiger partial charge in [-0.3, -0.25) is 0 Å². The molecule has 0 saturated heterocycles. The third-order valence-electron chi connectivity index (χ3n) is 3.64. The zero-order valence-electron chi connectivity index (χ0n) is 13.5. The first-order chi connectivity index (χ1) is 12.5. The topological polar surface area (TPSA) is 58.6 Å². The molecule has 0 aromatic heterocycles. The SMILES string of the molecule is O=P(O)(Oc1ccccc1)C(Nc1ccccc1)c1ccc(F)c(F)c1. The molecule has 134 valence electrons. The highest BCUT2D eigenvalue weighted by molar-refractivity contribution is 7.53. The lowest BCUT2D eigenvalue weighted by molar-refractivity contribution is 0.369. The summed E-state index contributed by atoms with van der Waals surface area (Å²) in [6, 6.07) is 19.8. The fraction of sp³-hybridized carbons (Fsp3) is 0.0526. The highest BCUT2D eigenvalue weighted by Crippen LogP contribution is 2.56. The number of rotatable bonds is 6. The Morgan fingerprint density at radius 3 is 2.12 bits per heavy atom. The number of para-hydroxylation sites is 2. The van der Waals surface area contributed by atoms with E-state index in [1.165, 1.54) is 18.2 Å². The Labute approximate surface area is 149 Å². The smallest absolute Gasteiger partial charge is 0.403 e. The highest BCUT2D eigenvalue weighted by Gasteiger charge is 2.36. The quantitative estimate of drug-likeness (QED) is 0.571. The highest BCUT2D eigenvalue weighted by atomic mass is 31.2. The Balaban J connectivity index is 1.98. The molecule has 26 heavy (non-hydrogen) atoms. The zero-order valence-corrected chi connectivity index (χ0v) is 14.4. The molecule has 7 heteroatoms. The van der Waals surface area contributed by atoms with Gasteiger partial charge >= 0.3 is 7.60 Å². The van der Waals surface area contributed by atoms with Crippen LogP contribution < -0.4 is 9.84 Å². The first-order valence-corrected chi connectivity index (χ1v) is 9.44. The predicted octanol–water partition coefficient (Wildman–Crippen LogP) is 5.34. The summed E-state index contributed by atoms with van der Waals surface area (Å²) in [4.78, 5) is 10.6. The van der Waals surface area contributed by atoms with Crippen molar-refractivity contribution < 1.29 is 22.8 Å². The number of anilines is 1. The van der Waals surface area contributed by atoms with E-state index in [0.717, 1.165) is 12.1 Å². The number of hydrogen-bond acceptors (Lipinski definition) is 3. The molecule has 3 aromatic carbocycles. The van der Waals surface area contributed by atoms with Crippen molar-refractivity contribution in [3.8, 4) is 5.75 Å². The van der Waals surface area contributed by atoms with Gasteiger partial charge in [0.25, 0.3) is 0 Å². The lowest BCUT2D eigenvalue weighted by Gasteiger charge is -2.25. The molecule has 0 spiro atoms. The van der Waals surface area contributed by atoms with Crippen LogP contribution >= 0.6 is 7.60 Å². The van der Waals surface area contributed by atoms with E-state index in [9.17, 15) is 18.2 Å². The molecular formula is C19H16F2NO3P. The van der Waals surface area contributed by atoms with E-state index in [0.29, 0.717) is 5.69 Å². The third kappa shape index (κ3) is 4.28. The Morgan fingerprint density at radius 1 is 0.885 bits per heavy atom. The van der Waals surface area contributed by atoms with E-state index in [2.05, 4.69) is 5.32 Å². The zero-order chi connectivity index (χ0) is 18.6. The molecular weight excluding hydrogens is 359 g/mol. The van der Waals surface area contributed by atoms with E-state index in [-0.39, 0.29) is 11.3 Å². The summed E-state index contributed by atoms with van der Waals surface area (Å²) in [6.07, 6.45) is 0. The Kier molecular flexibility index (Phi) is 5.35. The molecule has 2 unspecified atom stereocenters. The molecule has 3 aromatic rings. The summed E-state index contributed by atoms with van der Waals surface area (Å²) in [7, 11) is -4.35. The first-order valence-electron chi connectivity index (χ1n) is 7.79. The third-order valence-corrected chi connectivity index (χ3v) is 5.19. The predicted molar refractivity (Wildman–Crippen MR) is 96.1 cm³/mol. The van der Waals surface area contributed by atoms with Crippen molar-refractivity contribution in [1.82, 2.24) is 0 Å². The largest absolute Gasteiger partial charge is 0.423 e. The van der Waals surface area contributed by atoms with Crippen LogP contribution in [-0.4, -0.2) is 4.89 Å². The molecule has 3 rings (SSSR count). The molecule has 4 nitrogen and oxygen atoms in total. The van der Waals surface area contributed by atoms with Crippen molar-refractivity contribution in [2.24, 2.45) is 0 Å². The summed E-state index contributed by atoms with van der Waals surface area (Å²) in [6.45, 7) is 0. The minimum atomic E-state index is -4.35. The summed E-state index contributed by atoms with van der Waals surface area (Å²) in [5, 5.41) is 2.88. The minimum Gasteiger partial charge on any atom is -0.423 e. The number of nitrogens with one attached hydrogen (secondary N) is 1. The van der Waals surface area contributed by atoms with E-state index in [1.54, 1.807) is 48.5 Å². The normalized spacial score (nSPS) is 14.3. The number of hydrogen-bond donors (Lipinski definition) is 2. The van der Waals surface area contributed by atoms with Gasteiger partial charge in [0.15, 0.2) is 17.4 Å². The summed E-state index contributed by atoms with van der Waals surface area (Å²) in [5.41, 5.74) is 0.627. The van der Waals surface area contributed by atoms with Gasteiger partial charge in [-0.15, -0.1) is 0 Å². The van der Waals surface area contributed by atoms with Crippen LogP contribution in [0.1, 0.15) is 11.3 Å². The van der Waals surface area contributed by atoms with Crippen molar-refractivity contribution in [3.63, 3.8) is 0 Å². The van der Waals surface area contributed by atoms with Crippen LogP contribution in [-0.2, 0) is 4.57 Å². The molecule has 0 aliphatic rings. The summed E-state index contributed by atoms with van der Waals surface area (Å²) in [5.74, 6) is -3.24. The van der Waals surface area contributed by atoms with Crippen LogP contribution in [0.2, 0.25) is 0 Å². The molecule has 0 fully saturated rings. The molecule has 0 aliphatic carbocycles. The maximum atomic E-state index is 13.7. The lowest BCUT2D eigenvalue weighted by atomic mass is 10.2. The number of benzene rings is 3. The fourth-order valence-corrected chi connectivity index (χ4v) is 3.79. The average Bonchev–Trinajstić information content (AvgIpc) is 2.63. The summed E-state index contributed by atoms with van der Waals surface area (Å²) >= 11 is 0. The van der Waals surface area contributed by atoms with Crippen LogP contribution in [0.15, 0.2) is 78.9 Å². The second kappa shape index (κ2) is 7.68. The first kappa shape index (κ1) is 18.1. The average molecular weight is 375 g/mol. The van der Waals surface area contributed by atoms with Crippen LogP contribution in [0.3, 0.4) is 0 Å². The summed E-state index contributed by atoms with van der Waals surface area (Å²) < 4.78 is 45.2. The molecule has 0 saturated carbocycles. The Bertz CT molecular complexity index is 923. The van der Waals surface area contributed by atoms with Gasteiger partial charge in [0, 0.05) is 5.69 Å². The van der Waals surface area contributed by atoms with Gasteiger partial charge in [-0.25, -0.2) is 13.3 Å². The lowest BCUT2D eigenvalue weighted by Crippen LogP contribution is -2.15. The van der Waals surface area contributed by atoms with E-state index >= 15 is 0 Å². The van der Waals surface area contributed by atoms with Crippen LogP contribution in [0, 0.1) is 11.6 Å². The van der Waals surface area contributed by atoms with Crippen molar-refractivity contribution in [2.75, 3.05) is 5.32 Å². The van der Waals surface area contributed by atoms with Crippen molar-refractivity contribution >= 4 is 13.3 Å². The molecule has 0 radical (unpaired) electrons. The van der Waals surface area contributed by atoms with Gasteiger partial charge in [0.2, 0.25) is 0 Å². The molecule has 2 N–H and O–H groups in total.